The predicted molar refractivity (Wildman–Crippen MR) is 62.6 cm³/mol. The van der Waals surface area contributed by atoms with Crippen molar-refractivity contribution in [1.29, 1.82) is 0 Å². The van der Waals surface area contributed by atoms with Gasteiger partial charge in [0.25, 0.3) is 5.82 Å². The van der Waals surface area contributed by atoms with Gasteiger partial charge in [0.2, 0.25) is 0 Å². The molecule has 0 radical (unpaired) electrons. The molecule has 1 aliphatic carbocycles. The summed E-state index contributed by atoms with van der Waals surface area (Å²) in [6.07, 6.45) is 5.12. The highest BCUT2D eigenvalue weighted by atomic mass is 16.5. The second kappa shape index (κ2) is 4.85. The number of esters is 1. The van der Waals surface area contributed by atoms with E-state index in [4.69, 9.17) is 0 Å². The standard InChI is InChI=1S/C12H19N3O2/c1-8-4-9(2)6-10(5-8)15-7-13-11(14-15)12(16)17-3/h7-10H,4-6H2,1-3H3. The van der Waals surface area contributed by atoms with Crippen LogP contribution >= 0.6 is 0 Å². The van der Waals surface area contributed by atoms with Crippen LogP contribution in [-0.4, -0.2) is 27.8 Å². The molecule has 1 aromatic heterocycles. The van der Waals surface area contributed by atoms with Crippen LogP contribution in [0.1, 0.15) is 49.8 Å². The fraction of sp³-hybridized carbons (Fsp3) is 0.750. The maximum Gasteiger partial charge on any atom is 0.377 e. The maximum atomic E-state index is 11.3. The Hall–Kier alpha value is -1.39. The van der Waals surface area contributed by atoms with Crippen molar-refractivity contribution >= 4 is 5.97 Å². The lowest BCUT2D eigenvalue weighted by Gasteiger charge is -2.31. The molecule has 94 valence electrons. The maximum absolute atomic E-state index is 11.3. The molecule has 1 fully saturated rings. The van der Waals surface area contributed by atoms with E-state index in [1.54, 1.807) is 6.33 Å². The number of carbonyl (C=O) groups is 1. The Morgan fingerprint density at radius 3 is 2.59 bits per heavy atom. The van der Waals surface area contributed by atoms with E-state index in [0.717, 1.165) is 12.8 Å². The quantitative estimate of drug-likeness (QED) is 0.739. The summed E-state index contributed by atoms with van der Waals surface area (Å²) in [5.74, 6) is 1.09. The zero-order valence-electron chi connectivity index (χ0n) is 10.6. The Morgan fingerprint density at radius 2 is 2.00 bits per heavy atom. The van der Waals surface area contributed by atoms with E-state index in [1.165, 1.54) is 13.5 Å². The van der Waals surface area contributed by atoms with E-state index in [0.29, 0.717) is 17.9 Å². The largest absolute Gasteiger partial charge is 0.463 e. The second-order valence-electron chi connectivity index (χ2n) is 5.11. The Kier molecular flexibility index (Phi) is 3.45. The molecule has 0 N–H and O–H groups in total. The molecule has 0 aromatic carbocycles. The van der Waals surface area contributed by atoms with Gasteiger partial charge in [-0.25, -0.2) is 14.5 Å². The van der Waals surface area contributed by atoms with Gasteiger partial charge in [-0.2, -0.15) is 0 Å². The number of rotatable bonds is 2. The molecule has 2 rings (SSSR count). The lowest BCUT2D eigenvalue weighted by Crippen LogP contribution is -2.23. The van der Waals surface area contributed by atoms with Gasteiger partial charge in [0.15, 0.2) is 0 Å². The number of hydrogen-bond acceptors (Lipinski definition) is 4. The highest BCUT2D eigenvalue weighted by Crippen LogP contribution is 2.35. The van der Waals surface area contributed by atoms with Crippen molar-refractivity contribution < 1.29 is 9.53 Å². The smallest absolute Gasteiger partial charge is 0.377 e. The summed E-state index contributed by atoms with van der Waals surface area (Å²) >= 11 is 0. The first-order valence-electron chi connectivity index (χ1n) is 6.09. The van der Waals surface area contributed by atoms with Crippen molar-refractivity contribution in [3.8, 4) is 0 Å². The zero-order chi connectivity index (χ0) is 12.4. The number of methoxy groups -OCH3 is 1. The van der Waals surface area contributed by atoms with Crippen molar-refractivity contribution in [2.24, 2.45) is 11.8 Å². The van der Waals surface area contributed by atoms with E-state index in [2.05, 4.69) is 28.7 Å². The van der Waals surface area contributed by atoms with E-state index < -0.39 is 5.97 Å². The molecule has 1 aliphatic rings. The van der Waals surface area contributed by atoms with Crippen LogP contribution in [0.15, 0.2) is 6.33 Å². The lowest BCUT2D eigenvalue weighted by molar-refractivity contribution is 0.0585. The third kappa shape index (κ3) is 2.65. The Balaban J connectivity index is 2.11. The van der Waals surface area contributed by atoms with Crippen molar-refractivity contribution in [2.75, 3.05) is 7.11 Å². The molecule has 0 saturated heterocycles. The molecule has 0 aliphatic heterocycles. The van der Waals surface area contributed by atoms with Crippen LogP contribution in [0.3, 0.4) is 0 Å². The molecule has 2 unspecified atom stereocenters. The Labute approximate surface area is 101 Å². The van der Waals surface area contributed by atoms with Gasteiger partial charge in [0, 0.05) is 0 Å². The van der Waals surface area contributed by atoms with E-state index in [9.17, 15) is 4.79 Å². The summed E-state index contributed by atoms with van der Waals surface area (Å²) in [4.78, 5) is 15.3. The molecule has 0 spiro atoms. The molecule has 17 heavy (non-hydrogen) atoms. The fourth-order valence-corrected chi connectivity index (χ4v) is 2.76. The van der Waals surface area contributed by atoms with Crippen LogP contribution in [0.4, 0.5) is 0 Å². The summed E-state index contributed by atoms with van der Waals surface area (Å²) in [7, 11) is 1.34. The number of aromatic nitrogens is 3. The highest BCUT2D eigenvalue weighted by Gasteiger charge is 2.26. The summed E-state index contributed by atoms with van der Waals surface area (Å²) in [6, 6.07) is 0.361. The molecular weight excluding hydrogens is 218 g/mol. The van der Waals surface area contributed by atoms with Crippen molar-refractivity contribution in [2.45, 2.75) is 39.2 Å². The van der Waals surface area contributed by atoms with Gasteiger partial charge >= 0.3 is 5.97 Å². The molecule has 5 heteroatoms. The van der Waals surface area contributed by atoms with E-state index >= 15 is 0 Å². The summed E-state index contributed by atoms with van der Waals surface area (Å²) in [6.45, 7) is 4.53. The van der Waals surface area contributed by atoms with Crippen molar-refractivity contribution in [1.82, 2.24) is 14.8 Å². The number of ether oxygens (including phenoxy) is 1. The highest BCUT2D eigenvalue weighted by molar-refractivity contribution is 5.84. The summed E-state index contributed by atoms with van der Waals surface area (Å²) in [5, 5.41) is 4.20. The first-order valence-corrected chi connectivity index (χ1v) is 6.09. The molecule has 1 saturated carbocycles. The molecule has 0 amide bonds. The number of carbonyl (C=O) groups excluding carboxylic acids is 1. The molecule has 1 heterocycles. The monoisotopic (exact) mass is 237 g/mol. The second-order valence-corrected chi connectivity index (χ2v) is 5.11. The first kappa shape index (κ1) is 12.1. The van der Waals surface area contributed by atoms with Gasteiger partial charge in [0.1, 0.15) is 6.33 Å². The predicted octanol–water partition coefficient (Wildman–Crippen LogP) is 2.06. The summed E-state index contributed by atoms with van der Waals surface area (Å²) in [5.41, 5.74) is 0. The Morgan fingerprint density at radius 1 is 1.35 bits per heavy atom. The van der Waals surface area contributed by atoms with Crippen molar-refractivity contribution in [3.63, 3.8) is 0 Å². The van der Waals surface area contributed by atoms with Gasteiger partial charge < -0.3 is 4.74 Å². The lowest BCUT2D eigenvalue weighted by atomic mass is 9.80. The Bertz CT molecular complexity index is 392. The third-order valence-corrected chi connectivity index (χ3v) is 3.40. The third-order valence-electron chi connectivity index (χ3n) is 3.40. The van der Waals surface area contributed by atoms with Crippen LogP contribution in [-0.2, 0) is 4.74 Å². The topological polar surface area (TPSA) is 57.0 Å². The number of hydrogen-bond donors (Lipinski definition) is 0. The van der Waals surface area contributed by atoms with Crippen LogP contribution in [0.25, 0.3) is 0 Å². The van der Waals surface area contributed by atoms with Gasteiger partial charge in [-0.05, 0) is 31.1 Å². The van der Waals surface area contributed by atoms with Crippen LogP contribution in [0.5, 0.6) is 0 Å². The first-order chi connectivity index (χ1) is 8.10. The number of nitrogens with zero attached hydrogens (tertiary/aromatic N) is 3. The van der Waals surface area contributed by atoms with Gasteiger partial charge in [-0.15, -0.1) is 5.10 Å². The molecule has 0 bridgehead atoms. The summed E-state index contributed by atoms with van der Waals surface area (Å²) < 4.78 is 6.42. The normalized spacial score (nSPS) is 29.0. The van der Waals surface area contributed by atoms with E-state index in [-0.39, 0.29) is 5.82 Å². The molecule has 1 aromatic rings. The molecular formula is C12H19N3O2. The van der Waals surface area contributed by atoms with Gasteiger partial charge in [-0.3, -0.25) is 0 Å². The van der Waals surface area contributed by atoms with Crippen LogP contribution < -0.4 is 0 Å². The van der Waals surface area contributed by atoms with Crippen LogP contribution in [0.2, 0.25) is 0 Å². The van der Waals surface area contributed by atoms with Crippen LogP contribution in [0, 0.1) is 11.8 Å². The average Bonchev–Trinajstić information content (AvgIpc) is 2.76. The van der Waals surface area contributed by atoms with Crippen molar-refractivity contribution in [3.05, 3.63) is 12.2 Å². The van der Waals surface area contributed by atoms with Gasteiger partial charge in [-0.1, -0.05) is 13.8 Å². The average molecular weight is 237 g/mol. The fourth-order valence-electron chi connectivity index (χ4n) is 2.76. The van der Waals surface area contributed by atoms with Gasteiger partial charge in [0.05, 0.1) is 13.2 Å². The SMILES string of the molecule is COC(=O)c1ncn(C2CC(C)CC(C)C2)n1. The molecule has 2 atom stereocenters. The van der Waals surface area contributed by atoms with E-state index in [1.807, 2.05) is 4.68 Å². The molecule has 5 nitrogen and oxygen atoms in total. The minimum atomic E-state index is -0.472. The minimum Gasteiger partial charge on any atom is -0.463 e. The minimum absolute atomic E-state index is 0.151. The zero-order valence-corrected chi connectivity index (χ0v) is 10.6.